The average molecular weight is 328 g/mol. The molecule has 2 rings (SSSR count). The van der Waals surface area contributed by atoms with E-state index in [1.807, 2.05) is 18.2 Å². The zero-order chi connectivity index (χ0) is 13.1. The Morgan fingerprint density at radius 1 is 1.28 bits per heavy atom. The highest BCUT2D eigenvalue weighted by Gasteiger charge is 2.12. The molecule has 2 aromatic rings. The molecule has 0 bridgehead atoms. The van der Waals surface area contributed by atoms with Crippen LogP contribution in [0, 0.1) is 0 Å². The Hall–Kier alpha value is -1.10. The van der Waals surface area contributed by atoms with Crippen LogP contribution in [-0.2, 0) is 0 Å². The third kappa shape index (κ3) is 2.83. The fraction of sp³-hybridized carbons (Fsp3) is 0.154. The predicted molar refractivity (Wildman–Crippen MR) is 76.0 cm³/mol. The molecule has 0 aliphatic heterocycles. The minimum Gasteiger partial charge on any atom is -0.495 e. The van der Waals surface area contributed by atoms with Gasteiger partial charge in [0, 0.05) is 16.9 Å². The Morgan fingerprint density at radius 2 is 2.06 bits per heavy atom. The summed E-state index contributed by atoms with van der Waals surface area (Å²) in [6.07, 6.45) is 3.47. The number of methoxy groups -OCH3 is 1. The van der Waals surface area contributed by atoms with E-state index in [9.17, 15) is 0 Å². The van der Waals surface area contributed by atoms with Crippen LogP contribution < -0.4 is 10.5 Å². The minimum atomic E-state index is -0.263. The normalized spacial score (nSPS) is 12.2. The molecule has 0 fully saturated rings. The van der Waals surface area contributed by atoms with Crippen molar-refractivity contribution in [2.45, 2.75) is 6.04 Å². The molecular formula is C13H12BrClN2O. The topological polar surface area (TPSA) is 48.1 Å². The lowest BCUT2D eigenvalue weighted by Gasteiger charge is -2.14. The highest BCUT2D eigenvalue weighted by molar-refractivity contribution is 9.10. The lowest BCUT2D eigenvalue weighted by atomic mass is 10.0. The summed E-state index contributed by atoms with van der Waals surface area (Å²) >= 11 is 9.37. The summed E-state index contributed by atoms with van der Waals surface area (Å²) in [4.78, 5) is 4.11. The van der Waals surface area contributed by atoms with Gasteiger partial charge in [-0.25, -0.2) is 0 Å². The van der Waals surface area contributed by atoms with Gasteiger partial charge in [0.1, 0.15) is 5.75 Å². The summed E-state index contributed by atoms with van der Waals surface area (Å²) in [5, 5.41) is 0.570. The van der Waals surface area contributed by atoms with Crippen LogP contribution in [0.3, 0.4) is 0 Å². The van der Waals surface area contributed by atoms with Gasteiger partial charge in [-0.1, -0.05) is 17.7 Å². The van der Waals surface area contributed by atoms with Crippen LogP contribution in [0.25, 0.3) is 0 Å². The highest BCUT2D eigenvalue weighted by atomic mass is 79.9. The van der Waals surface area contributed by atoms with Crippen LogP contribution in [0.15, 0.2) is 41.1 Å². The third-order valence-corrected chi connectivity index (χ3v) is 3.37. The molecule has 1 aromatic carbocycles. The van der Waals surface area contributed by atoms with Gasteiger partial charge in [0.15, 0.2) is 0 Å². The van der Waals surface area contributed by atoms with Crippen LogP contribution in [0.5, 0.6) is 5.75 Å². The zero-order valence-electron chi connectivity index (χ0n) is 9.73. The summed E-state index contributed by atoms with van der Waals surface area (Å²) in [6.45, 7) is 0. The third-order valence-electron chi connectivity index (χ3n) is 2.62. The Bertz CT molecular complexity index is 562. The SMILES string of the molecule is COc1cc(C(N)c2cncc(Br)c2)ccc1Cl. The van der Waals surface area contributed by atoms with E-state index in [-0.39, 0.29) is 6.04 Å². The van der Waals surface area contributed by atoms with E-state index in [2.05, 4.69) is 20.9 Å². The number of rotatable bonds is 3. The number of hydrogen-bond acceptors (Lipinski definition) is 3. The van der Waals surface area contributed by atoms with Gasteiger partial charge >= 0.3 is 0 Å². The molecule has 3 nitrogen and oxygen atoms in total. The number of nitrogens with zero attached hydrogens (tertiary/aromatic N) is 1. The van der Waals surface area contributed by atoms with E-state index in [0.29, 0.717) is 10.8 Å². The van der Waals surface area contributed by atoms with Crippen molar-refractivity contribution in [2.75, 3.05) is 7.11 Å². The molecule has 0 spiro atoms. The number of pyridine rings is 1. The van der Waals surface area contributed by atoms with Crippen molar-refractivity contribution in [1.82, 2.24) is 4.98 Å². The molecule has 1 heterocycles. The van der Waals surface area contributed by atoms with Gasteiger partial charge in [0.25, 0.3) is 0 Å². The number of halogens is 2. The summed E-state index contributed by atoms with van der Waals surface area (Å²) in [5.41, 5.74) is 8.05. The second-order valence-electron chi connectivity index (χ2n) is 3.81. The van der Waals surface area contributed by atoms with Crippen molar-refractivity contribution < 1.29 is 4.74 Å². The van der Waals surface area contributed by atoms with Crippen LogP contribution in [0.2, 0.25) is 5.02 Å². The monoisotopic (exact) mass is 326 g/mol. The zero-order valence-corrected chi connectivity index (χ0v) is 12.1. The second kappa shape index (κ2) is 5.69. The molecule has 0 saturated carbocycles. The van der Waals surface area contributed by atoms with Gasteiger partial charge in [0.2, 0.25) is 0 Å². The summed E-state index contributed by atoms with van der Waals surface area (Å²) in [7, 11) is 1.58. The smallest absolute Gasteiger partial charge is 0.137 e. The fourth-order valence-corrected chi connectivity index (χ4v) is 2.24. The first-order valence-electron chi connectivity index (χ1n) is 5.31. The van der Waals surface area contributed by atoms with Crippen molar-refractivity contribution in [3.8, 4) is 5.75 Å². The molecular weight excluding hydrogens is 316 g/mol. The average Bonchev–Trinajstić information content (AvgIpc) is 2.38. The summed E-state index contributed by atoms with van der Waals surface area (Å²) < 4.78 is 6.08. The number of nitrogens with two attached hydrogens (primary N) is 1. The fourth-order valence-electron chi connectivity index (χ4n) is 1.66. The molecule has 18 heavy (non-hydrogen) atoms. The van der Waals surface area contributed by atoms with Gasteiger partial charge < -0.3 is 10.5 Å². The van der Waals surface area contributed by atoms with Crippen molar-refractivity contribution in [2.24, 2.45) is 5.73 Å². The maximum absolute atomic E-state index is 6.20. The van der Waals surface area contributed by atoms with Crippen molar-refractivity contribution in [3.63, 3.8) is 0 Å². The van der Waals surface area contributed by atoms with E-state index >= 15 is 0 Å². The molecule has 0 aliphatic rings. The Labute approximate surface area is 119 Å². The summed E-state index contributed by atoms with van der Waals surface area (Å²) in [6, 6.07) is 7.19. The largest absolute Gasteiger partial charge is 0.495 e. The van der Waals surface area contributed by atoms with Crippen LogP contribution in [0.1, 0.15) is 17.2 Å². The molecule has 2 N–H and O–H groups in total. The van der Waals surface area contributed by atoms with E-state index in [4.69, 9.17) is 22.1 Å². The molecule has 0 radical (unpaired) electrons. The minimum absolute atomic E-state index is 0.263. The van der Waals surface area contributed by atoms with Crippen molar-refractivity contribution in [3.05, 3.63) is 57.3 Å². The van der Waals surface area contributed by atoms with Crippen LogP contribution >= 0.6 is 27.5 Å². The van der Waals surface area contributed by atoms with Crippen molar-refractivity contribution >= 4 is 27.5 Å². The first-order chi connectivity index (χ1) is 8.61. The maximum atomic E-state index is 6.20. The van der Waals surface area contributed by atoms with Gasteiger partial charge in [-0.15, -0.1) is 0 Å². The van der Waals surface area contributed by atoms with Gasteiger partial charge in [-0.05, 0) is 45.3 Å². The number of ether oxygens (including phenoxy) is 1. The van der Waals surface area contributed by atoms with Gasteiger partial charge in [-0.2, -0.15) is 0 Å². The van der Waals surface area contributed by atoms with E-state index in [0.717, 1.165) is 15.6 Å². The standard InChI is InChI=1S/C13H12BrClN2O/c1-18-12-5-8(2-3-11(12)15)13(16)9-4-10(14)7-17-6-9/h2-7,13H,16H2,1H3. The molecule has 0 saturated heterocycles. The Morgan fingerprint density at radius 3 is 2.72 bits per heavy atom. The molecule has 0 aliphatic carbocycles. The van der Waals surface area contributed by atoms with E-state index in [1.54, 1.807) is 25.6 Å². The number of benzene rings is 1. The molecule has 1 atom stereocenters. The van der Waals surface area contributed by atoms with E-state index in [1.165, 1.54) is 0 Å². The lowest BCUT2D eigenvalue weighted by molar-refractivity contribution is 0.414. The maximum Gasteiger partial charge on any atom is 0.137 e. The number of aromatic nitrogens is 1. The van der Waals surface area contributed by atoms with Crippen LogP contribution in [0.4, 0.5) is 0 Å². The first-order valence-corrected chi connectivity index (χ1v) is 6.48. The molecule has 1 aromatic heterocycles. The predicted octanol–water partition coefficient (Wildman–Crippen LogP) is 3.55. The molecule has 94 valence electrons. The molecule has 1 unspecified atom stereocenters. The van der Waals surface area contributed by atoms with Gasteiger partial charge in [0.05, 0.1) is 18.2 Å². The Kier molecular flexibility index (Phi) is 4.22. The van der Waals surface area contributed by atoms with Crippen LogP contribution in [-0.4, -0.2) is 12.1 Å². The van der Waals surface area contributed by atoms with Gasteiger partial charge in [-0.3, -0.25) is 4.98 Å². The quantitative estimate of drug-likeness (QED) is 0.938. The number of hydrogen-bond donors (Lipinski definition) is 1. The van der Waals surface area contributed by atoms with Crippen molar-refractivity contribution in [1.29, 1.82) is 0 Å². The second-order valence-corrected chi connectivity index (χ2v) is 5.13. The Balaban J connectivity index is 2.36. The lowest BCUT2D eigenvalue weighted by Crippen LogP contribution is -2.12. The van der Waals surface area contributed by atoms with E-state index < -0.39 is 0 Å². The molecule has 5 heteroatoms. The first kappa shape index (κ1) is 13.3. The highest BCUT2D eigenvalue weighted by Crippen LogP contribution is 2.29. The molecule has 0 amide bonds. The summed E-state index contributed by atoms with van der Waals surface area (Å²) in [5.74, 6) is 0.618.